The molecule has 20 heavy (non-hydrogen) atoms. The van der Waals surface area contributed by atoms with Gasteiger partial charge in [0.05, 0.1) is 0 Å². The average Bonchev–Trinajstić information content (AvgIpc) is 2.34. The minimum Gasteiger partial charge on any atom is -0.444 e. The highest BCUT2D eigenvalue weighted by atomic mass is 16.6. The summed E-state index contributed by atoms with van der Waals surface area (Å²) < 4.78 is 5.23. The number of hydrogen-bond donors (Lipinski definition) is 2. The number of carbonyl (C=O) groups is 1. The first-order valence-electron chi connectivity index (χ1n) is 7.20. The molecule has 0 fully saturated rings. The van der Waals surface area contributed by atoms with Gasteiger partial charge in [0.15, 0.2) is 0 Å². The lowest BCUT2D eigenvalue weighted by molar-refractivity contribution is 0.0636. The average molecular weight is 278 g/mol. The fourth-order valence-corrected chi connectivity index (χ4v) is 1.84. The van der Waals surface area contributed by atoms with Crippen LogP contribution in [-0.4, -0.2) is 17.7 Å². The van der Waals surface area contributed by atoms with E-state index in [2.05, 4.69) is 24.5 Å². The Morgan fingerprint density at radius 1 is 1.20 bits per heavy atom. The molecule has 0 spiro atoms. The summed E-state index contributed by atoms with van der Waals surface area (Å²) in [4.78, 5) is 11.7. The van der Waals surface area contributed by atoms with Crippen LogP contribution in [0.15, 0.2) is 24.3 Å². The van der Waals surface area contributed by atoms with Crippen LogP contribution in [-0.2, 0) is 4.74 Å². The van der Waals surface area contributed by atoms with E-state index >= 15 is 0 Å². The van der Waals surface area contributed by atoms with Gasteiger partial charge in [-0.05, 0) is 51.8 Å². The van der Waals surface area contributed by atoms with Gasteiger partial charge in [-0.25, -0.2) is 4.79 Å². The van der Waals surface area contributed by atoms with Gasteiger partial charge in [0.2, 0.25) is 0 Å². The third kappa shape index (κ3) is 5.95. The Morgan fingerprint density at radius 2 is 1.80 bits per heavy atom. The Bertz CT molecular complexity index is 434. The number of benzene rings is 1. The fraction of sp³-hybridized carbons (Fsp3) is 0.562. The smallest absolute Gasteiger partial charge is 0.412 e. The van der Waals surface area contributed by atoms with E-state index in [1.54, 1.807) is 0 Å². The van der Waals surface area contributed by atoms with Crippen molar-refractivity contribution in [2.24, 2.45) is 0 Å². The van der Waals surface area contributed by atoms with Crippen LogP contribution in [0.25, 0.3) is 0 Å². The summed E-state index contributed by atoms with van der Waals surface area (Å²) in [5.41, 5.74) is 1.25. The number of rotatable bonds is 5. The molecule has 112 valence electrons. The molecule has 0 saturated heterocycles. The second-order valence-electron chi connectivity index (χ2n) is 5.87. The molecule has 0 heterocycles. The second-order valence-corrected chi connectivity index (χ2v) is 5.87. The Labute approximate surface area is 121 Å². The largest absolute Gasteiger partial charge is 0.444 e. The minimum atomic E-state index is -0.491. The van der Waals surface area contributed by atoms with Crippen molar-refractivity contribution in [1.82, 2.24) is 0 Å². The van der Waals surface area contributed by atoms with Crippen LogP contribution in [0.2, 0.25) is 0 Å². The normalized spacial score (nSPS) is 11.3. The summed E-state index contributed by atoms with van der Waals surface area (Å²) in [5.74, 6) is 0. The topological polar surface area (TPSA) is 50.4 Å². The number of nitrogens with one attached hydrogen (secondary N) is 2. The molecule has 0 atom stereocenters. The fourth-order valence-electron chi connectivity index (χ4n) is 1.84. The molecule has 0 aliphatic carbocycles. The van der Waals surface area contributed by atoms with Crippen molar-refractivity contribution < 1.29 is 9.53 Å². The van der Waals surface area contributed by atoms with Crippen LogP contribution in [0, 0.1) is 0 Å². The second kappa shape index (κ2) is 7.17. The van der Waals surface area contributed by atoms with Crippen molar-refractivity contribution in [2.45, 2.75) is 59.1 Å². The predicted molar refractivity (Wildman–Crippen MR) is 84.3 cm³/mol. The highest BCUT2D eigenvalue weighted by Gasteiger charge is 2.16. The molecular formula is C16H26N2O2. The lowest BCUT2D eigenvalue weighted by Crippen LogP contribution is -2.27. The van der Waals surface area contributed by atoms with E-state index in [-0.39, 0.29) is 0 Å². The molecule has 1 aromatic rings. The van der Waals surface area contributed by atoms with Gasteiger partial charge in [0.25, 0.3) is 0 Å². The van der Waals surface area contributed by atoms with Crippen LogP contribution in [0.4, 0.5) is 16.2 Å². The van der Waals surface area contributed by atoms with E-state index in [0.29, 0.717) is 6.04 Å². The number of anilines is 2. The maximum atomic E-state index is 11.7. The van der Waals surface area contributed by atoms with Crippen LogP contribution in [0.1, 0.15) is 47.5 Å². The quantitative estimate of drug-likeness (QED) is 0.825. The third-order valence-electron chi connectivity index (χ3n) is 2.86. The maximum Gasteiger partial charge on any atom is 0.412 e. The van der Waals surface area contributed by atoms with Crippen LogP contribution in [0.5, 0.6) is 0 Å². The highest BCUT2D eigenvalue weighted by Crippen LogP contribution is 2.18. The molecule has 0 bridgehead atoms. The van der Waals surface area contributed by atoms with Crippen molar-refractivity contribution in [2.75, 3.05) is 10.6 Å². The summed E-state index contributed by atoms with van der Waals surface area (Å²) in [6.45, 7) is 9.85. The molecule has 4 heteroatoms. The standard InChI is InChI=1S/C16H26N2O2/c1-6-12(7-2)17-13-9-8-10-14(11-13)18-15(19)20-16(3,4)5/h8-12,17H,6-7H2,1-5H3,(H,18,19). The predicted octanol–water partition coefficient (Wildman–Crippen LogP) is 4.63. The summed E-state index contributed by atoms with van der Waals surface area (Å²) in [6, 6.07) is 8.13. The van der Waals surface area contributed by atoms with Crippen molar-refractivity contribution in [1.29, 1.82) is 0 Å². The summed E-state index contributed by atoms with van der Waals surface area (Å²) in [5, 5.41) is 6.20. The van der Waals surface area contributed by atoms with Gasteiger partial charge in [-0.2, -0.15) is 0 Å². The maximum absolute atomic E-state index is 11.7. The molecule has 1 amide bonds. The van der Waals surface area contributed by atoms with E-state index in [1.807, 2.05) is 45.0 Å². The van der Waals surface area contributed by atoms with Gasteiger partial charge in [-0.3, -0.25) is 5.32 Å². The molecule has 2 N–H and O–H groups in total. The zero-order valence-electron chi connectivity index (χ0n) is 13.1. The Balaban J connectivity index is 2.66. The molecule has 0 aromatic heterocycles. The molecule has 1 rings (SSSR count). The molecule has 0 saturated carbocycles. The SMILES string of the molecule is CCC(CC)Nc1cccc(NC(=O)OC(C)(C)C)c1. The number of hydrogen-bond acceptors (Lipinski definition) is 3. The van der Waals surface area contributed by atoms with E-state index in [1.165, 1.54) is 0 Å². The van der Waals surface area contributed by atoms with Gasteiger partial charge in [0.1, 0.15) is 5.60 Å². The van der Waals surface area contributed by atoms with Gasteiger partial charge < -0.3 is 10.1 Å². The number of ether oxygens (including phenoxy) is 1. The molecule has 0 unspecified atom stereocenters. The zero-order valence-corrected chi connectivity index (χ0v) is 13.1. The van der Waals surface area contributed by atoms with Gasteiger partial charge in [0, 0.05) is 17.4 Å². The van der Waals surface area contributed by atoms with Crippen LogP contribution in [0.3, 0.4) is 0 Å². The van der Waals surface area contributed by atoms with Gasteiger partial charge >= 0.3 is 6.09 Å². The van der Waals surface area contributed by atoms with Gasteiger partial charge in [-0.1, -0.05) is 19.9 Å². The lowest BCUT2D eigenvalue weighted by atomic mass is 10.1. The molecule has 1 aromatic carbocycles. The molecular weight excluding hydrogens is 252 g/mol. The number of amides is 1. The van der Waals surface area contributed by atoms with Crippen LogP contribution < -0.4 is 10.6 Å². The molecule has 0 radical (unpaired) electrons. The Kier molecular flexibility index (Phi) is 5.86. The summed E-state index contributed by atoms with van der Waals surface area (Å²) in [7, 11) is 0. The summed E-state index contributed by atoms with van der Waals surface area (Å²) >= 11 is 0. The minimum absolute atomic E-state index is 0.433. The first kappa shape index (κ1) is 16.3. The third-order valence-corrected chi connectivity index (χ3v) is 2.86. The molecule has 0 aliphatic heterocycles. The van der Waals surface area contributed by atoms with Crippen molar-refractivity contribution >= 4 is 17.5 Å². The highest BCUT2D eigenvalue weighted by molar-refractivity contribution is 5.85. The van der Waals surface area contributed by atoms with Gasteiger partial charge in [-0.15, -0.1) is 0 Å². The monoisotopic (exact) mass is 278 g/mol. The van der Waals surface area contributed by atoms with Crippen LogP contribution >= 0.6 is 0 Å². The number of carbonyl (C=O) groups excluding carboxylic acids is 1. The van der Waals surface area contributed by atoms with Crippen molar-refractivity contribution in [3.63, 3.8) is 0 Å². The van der Waals surface area contributed by atoms with E-state index < -0.39 is 11.7 Å². The van der Waals surface area contributed by atoms with E-state index in [4.69, 9.17) is 4.74 Å². The Morgan fingerprint density at radius 3 is 2.35 bits per heavy atom. The zero-order chi connectivity index (χ0) is 15.2. The lowest BCUT2D eigenvalue weighted by Gasteiger charge is -2.20. The first-order chi connectivity index (χ1) is 9.34. The molecule has 4 nitrogen and oxygen atoms in total. The first-order valence-corrected chi connectivity index (χ1v) is 7.20. The summed E-state index contributed by atoms with van der Waals surface area (Å²) in [6.07, 6.45) is 1.71. The van der Waals surface area contributed by atoms with Crippen molar-refractivity contribution in [3.8, 4) is 0 Å². The van der Waals surface area contributed by atoms with E-state index in [9.17, 15) is 4.79 Å². The molecule has 0 aliphatic rings. The Hall–Kier alpha value is -1.71. The van der Waals surface area contributed by atoms with E-state index in [0.717, 1.165) is 24.2 Å². The van der Waals surface area contributed by atoms with Crippen molar-refractivity contribution in [3.05, 3.63) is 24.3 Å².